The Morgan fingerprint density at radius 3 is 0.974 bits per heavy atom. The van der Waals surface area contributed by atoms with Gasteiger partial charge in [0.05, 0.1) is 61.7 Å². The van der Waals surface area contributed by atoms with E-state index in [9.17, 15) is 0 Å². The fraction of sp³-hybridized carbons (Fsp3) is 0. The van der Waals surface area contributed by atoms with E-state index in [0.717, 1.165) is 222 Å². The first-order valence-electron chi connectivity index (χ1n) is 39.2. The van der Waals surface area contributed by atoms with Crippen molar-refractivity contribution in [2.75, 3.05) is 0 Å². The third-order valence-corrected chi connectivity index (χ3v) is 21.9. The summed E-state index contributed by atoms with van der Waals surface area (Å²) in [7, 11) is 0. The fourth-order valence-electron chi connectivity index (χ4n) is 16.1. The first kappa shape index (κ1) is 69.1. The standard InChI is InChI=1S/2C38H24N2O.C32H20N2O/c1-3-11-25(12-4-1)36-37(26-13-5-2-6-14-26)40-38-30(18-10-19-33(38)39-36)29-16-9-15-27(23-29)28-21-22-32-31-17-7-8-20-34(31)41-35(32)24-28;1-3-10-25(11-4-1)37-38(26-12-5-2-6-13-26)40-34-23-29(19-21-33(34)39-37)27-14-9-15-28(22-27)30-18-20-32-31-16-7-8-17-35(31)41-36(32)24-30;1-2-8-21(9-3-1)32-27-13-7-17-33-29(27)20-28(34-32)24-11-6-10-22(18-24)23-15-16-26-25-12-4-5-14-30(25)35-31(26)19-23/h2*1-24H;1-20H. The number of fused-ring (bicyclic) bond motifs is 12. The molecule has 0 aliphatic carbocycles. The van der Waals surface area contributed by atoms with E-state index in [1.54, 1.807) is 0 Å². The molecule has 548 valence electrons. The van der Waals surface area contributed by atoms with E-state index in [0.29, 0.717) is 0 Å². The van der Waals surface area contributed by atoms with Crippen molar-refractivity contribution in [1.29, 1.82) is 0 Å². The van der Waals surface area contributed by atoms with Crippen molar-refractivity contribution in [1.82, 2.24) is 29.9 Å². The Kier molecular flexibility index (Phi) is 17.7. The Morgan fingerprint density at radius 1 is 0.162 bits per heavy atom. The van der Waals surface area contributed by atoms with E-state index in [2.05, 4.69) is 254 Å². The van der Waals surface area contributed by atoms with Crippen LogP contribution in [0.25, 0.3) is 222 Å². The van der Waals surface area contributed by atoms with E-state index in [4.69, 9.17) is 38.2 Å². The van der Waals surface area contributed by atoms with Crippen molar-refractivity contribution < 1.29 is 13.3 Å². The van der Waals surface area contributed by atoms with Gasteiger partial charge in [0.1, 0.15) is 33.5 Å². The molecule has 16 aromatic carbocycles. The summed E-state index contributed by atoms with van der Waals surface area (Å²) in [5, 5.41) is 7.88. The zero-order chi connectivity index (χ0) is 77.5. The molecule has 0 amide bonds. The molecule has 117 heavy (non-hydrogen) atoms. The van der Waals surface area contributed by atoms with E-state index < -0.39 is 0 Å². The Hall–Kier alpha value is -15.8. The van der Waals surface area contributed by atoms with E-state index >= 15 is 0 Å². The first-order valence-corrected chi connectivity index (χ1v) is 39.2. The number of nitrogens with zero attached hydrogens (tertiary/aromatic N) is 6. The highest BCUT2D eigenvalue weighted by Gasteiger charge is 2.21. The van der Waals surface area contributed by atoms with Crippen LogP contribution in [0.1, 0.15) is 0 Å². The molecule has 7 aromatic heterocycles. The molecular weight excluding hydrogens is 1430 g/mol. The van der Waals surface area contributed by atoms with Gasteiger partial charge in [0.25, 0.3) is 0 Å². The SMILES string of the molecule is c1ccc(-c2nc(-c3cccc(-c4ccc5c(c4)oc4ccccc45)c3)cc3ncccc23)cc1.c1ccc(-c2nc3ccc(-c4cccc(-c5ccc6c(c5)oc5ccccc56)c4)cc3nc2-c2ccccc2)cc1.c1ccc(-c2nc3cccc(-c4cccc(-c5ccc6c(c5)oc5ccccc56)c4)c3nc2-c2ccccc2)cc1. The van der Waals surface area contributed by atoms with Crippen LogP contribution in [0.2, 0.25) is 0 Å². The number of hydrogen-bond acceptors (Lipinski definition) is 9. The van der Waals surface area contributed by atoms with Gasteiger partial charge in [0, 0.05) is 82.8 Å². The Balaban J connectivity index is 0.000000110. The molecule has 0 aliphatic heterocycles. The average molecular weight is 1500 g/mol. The summed E-state index contributed by atoms with van der Waals surface area (Å²) in [5.74, 6) is 0. The van der Waals surface area contributed by atoms with E-state index in [1.165, 1.54) is 0 Å². The van der Waals surface area contributed by atoms with Crippen molar-refractivity contribution in [3.63, 3.8) is 0 Å². The second-order valence-corrected chi connectivity index (χ2v) is 29.1. The molecule has 0 N–H and O–H groups in total. The molecule has 0 saturated carbocycles. The number of para-hydroxylation sites is 4. The maximum atomic E-state index is 6.17. The number of hydrogen-bond donors (Lipinski definition) is 0. The second-order valence-electron chi connectivity index (χ2n) is 29.1. The minimum Gasteiger partial charge on any atom is -0.456 e. The second kappa shape index (κ2) is 30.0. The lowest BCUT2D eigenvalue weighted by Gasteiger charge is -2.13. The molecule has 9 heteroatoms. The highest BCUT2D eigenvalue weighted by Crippen LogP contribution is 2.42. The van der Waals surface area contributed by atoms with Gasteiger partial charge in [-0.1, -0.05) is 297 Å². The van der Waals surface area contributed by atoms with Gasteiger partial charge < -0.3 is 13.3 Å². The van der Waals surface area contributed by atoms with Crippen LogP contribution >= 0.6 is 0 Å². The summed E-state index contributed by atoms with van der Waals surface area (Å²) >= 11 is 0. The summed E-state index contributed by atoms with van der Waals surface area (Å²) in [5.41, 5.74) is 32.7. The Morgan fingerprint density at radius 2 is 0.496 bits per heavy atom. The molecule has 23 rings (SSSR count). The summed E-state index contributed by atoms with van der Waals surface area (Å²) in [6.45, 7) is 0. The number of furan rings is 3. The van der Waals surface area contributed by atoms with Gasteiger partial charge in [-0.3, -0.25) is 4.98 Å². The lowest BCUT2D eigenvalue weighted by atomic mass is 9.97. The molecule has 0 saturated heterocycles. The predicted octanol–water partition coefficient (Wildman–Crippen LogP) is 28.9. The smallest absolute Gasteiger partial charge is 0.136 e. The van der Waals surface area contributed by atoms with Crippen LogP contribution in [0.15, 0.2) is 426 Å². The molecule has 0 unspecified atom stereocenters. The number of pyridine rings is 2. The van der Waals surface area contributed by atoms with Crippen molar-refractivity contribution in [2.45, 2.75) is 0 Å². The van der Waals surface area contributed by atoms with Crippen LogP contribution in [-0.2, 0) is 0 Å². The molecule has 23 aromatic rings. The summed E-state index contributed by atoms with van der Waals surface area (Å²) in [4.78, 5) is 30.5. The maximum absolute atomic E-state index is 6.17. The molecule has 0 fully saturated rings. The minimum absolute atomic E-state index is 0.870. The first-order chi connectivity index (χ1) is 57.9. The molecule has 0 radical (unpaired) electrons. The quantitative estimate of drug-likeness (QED) is 0.125. The third kappa shape index (κ3) is 13.4. The predicted molar refractivity (Wildman–Crippen MR) is 480 cm³/mol. The van der Waals surface area contributed by atoms with Crippen molar-refractivity contribution in [3.8, 4) is 123 Å². The topological polar surface area (TPSA) is 117 Å². The lowest BCUT2D eigenvalue weighted by molar-refractivity contribution is 0.668. The van der Waals surface area contributed by atoms with Crippen LogP contribution in [0.4, 0.5) is 0 Å². The van der Waals surface area contributed by atoms with Gasteiger partial charge in [-0.05, 0) is 159 Å². The summed E-state index contributed by atoms with van der Waals surface area (Å²) in [6.07, 6.45) is 1.83. The molecule has 0 atom stereocenters. The molecule has 9 nitrogen and oxygen atoms in total. The van der Waals surface area contributed by atoms with Crippen LogP contribution in [0, 0.1) is 0 Å². The summed E-state index contributed by atoms with van der Waals surface area (Å²) < 4.78 is 18.4. The normalized spacial score (nSPS) is 11.4. The van der Waals surface area contributed by atoms with E-state index in [-0.39, 0.29) is 0 Å². The summed E-state index contributed by atoms with van der Waals surface area (Å²) in [6, 6.07) is 140. The van der Waals surface area contributed by atoms with Gasteiger partial charge in [-0.2, -0.15) is 0 Å². The van der Waals surface area contributed by atoms with Crippen LogP contribution in [0.5, 0.6) is 0 Å². The number of aromatic nitrogens is 6. The van der Waals surface area contributed by atoms with Crippen molar-refractivity contribution >= 4 is 98.8 Å². The molecule has 0 aliphatic rings. The van der Waals surface area contributed by atoms with Gasteiger partial charge in [-0.15, -0.1) is 0 Å². The highest BCUT2D eigenvalue weighted by molar-refractivity contribution is 6.09. The van der Waals surface area contributed by atoms with Crippen LogP contribution in [-0.4, -0.2) is 29.9 Å². The molecular formula is C108H68N6O3. The molecule has 0 bridgehead atoms. The number of benzene rings is 16. The Labute approximate surface area is 673 Å². The van der Waals surface area contributed by atoms with Crippen LogP contribution < -0.4 is 0 Å². The zero-order valence-corrected chi connectivity index (χ0v) is 63.2. The van der Waals surface area contributed by atoms with Gasteiger partial charge in [0.2, 0.25) is 0 Å². The largest absolute Gasteiger partial charge is 0.456 e. The molecule has 0 spiro atoms. The Bertz CT molecular complexity index is 7650. The zero-order valence-electron chi connectivity index (χ0n) is 63.2. The third-order valence-electron chi connectivity index (χ3n) is 21.9. The van der Waals surface area contributed by atoms with Crippen molar-refractivity contribution in [2.24, 2.45) is 0 Å². The average Bonchev–Trinajstić information content (AvgIpc) is 1.55. The number of rotatable bonds is 11. The van der Waals surface area contributed by atoms with Gasteiger partial charge in [0.15, 0.2) is 0 Å². The monoisotopic (exact) mass is 1500 g/mol. The van der Waals surface area contributed by atoms with Gasteiger partial charge >= 0.3 is 0 Å². The highest BCUT2D eigenvalue weighted by atomic mass is 16.3. The van der Waals surface area contributed by atoms with Gasteiger partial charge in [-0.25, -0.2) is 24.9 Å². The van der Waals surface area contributed by atoms with E-state index in [1.807, 2.05) is 164 Å². The van der Waals surface area contributed by atoms with Crippen molar-refractivity contribution in [3.05, 3.63) is 413 Å². The fourth-order valence-corrected chi connectivity index (χ4v) is 16.1. The lowest BCUT2D eigenvalue weighted by Crippen LogP contribution is -1.97. The van der Waals surface area contributed by atoms with Crippen LogP contribution in [0.3, 0.4) is 0 Å². The minimum atomic E-state index is 0.870. The molecule has 7 heterocycles. The maximum Gasteiger partial charge on any atom is 0.136 e.